The smallest absolute Gasteiger partial charge is 0.171 e. The van der Waals surface area contributed by atoms with E-state index in [1.54, 1.807) is 24.4 Å². The van der Waals surface area contributed by atoms with Crippen LogP contribution in [0.4, 0.5) is 0 Å². The summed E-state index contributed by atoms with van der Waals surface area (Å²) in [6.07, 6.45) is 1.57. The van der Waals surface area contributed by atoms with Crippen molar-refractivity contribution in [1.82, 2.24) is 4.98 Å². The Kier molecular flexibility index (Phi) is 4.09. The van der Waals surface area contributed by atoms with E-state index in [1.165, 1.54) is 30.0 Å². The monoisotopic (exact) mass is 303 g/mol. The first-order valence-electron chi connectivity index (χ1n) is 4.66. The molecule has 1 heterocycles. The third-order valence-electron chi connectivity index (χ3n) is 1.94. The second-order valence-electron chi connectivity index (χ2n) is 3.20. The second-order valence-corrected chi connectivity index (χ2v) is 6.30. The van der Waals surface area contributed by atoms with Gasteiger partial charge in [0.25, 0.3) is 0 Å². The molecule has 17 heavy (non-hydrogen) atoms. The molecule has 2 nitrogen and oxygen atoms in total. The quantitative estimate of drug-likeness (QED) is 0.763. The molecule has 1 aromatic carbocycles. The Morgan fingerprint density at radius 1 is 1.35 bits per heavy atom. The van der Waals surface area contributed by atoms with Gasteiger partial charge in [0.05, 0.1) is 26.0 Å². The minimum atomic E-state index is 0.0135. The van der Waals surface area contributed by atoms with Crippen molar-refractivity contribution >= 4 is 52.1 Å². The van der Waals surface area contributed by atoms with Crippen molar-refractivity contribution in [1.29, 1.82) is 0 Å². The van der Waals surface area contributed by atoms with E-state index in [0.717, 1.165) is 9.24 Å². The van der Waals surface area contributed by atoms with E-state index >= 15 is 0 Å². The topological polar surface area (TPSA) is 30.0 Å². The number of carbonyl (C=O) groups excluding carboxylic acids is 1. The summed E-state index contributed by atoms with van der Waals surface area (Å²) in [4.78, 5) is 16.7. The third kappa shape index (κ3) is 3.01. The lowest BCUT2D eigenvalue weighted by molar-refractivity contribution is 0.102. The van der Waals surface area contributed by atoms with Gasteiger partial charge < -0.3 is 0 Å². The van der Waals surface area contributed by atoms with Crippen LogP contribution in [0.25, 0.3) is 0 Å². The Labute approximate surface area is 117 Å². The fraction of sp³-hybridized carbons (Fsp3) is 0.0909. The summed E-state index contributed by atoms with van der Waals surface area (Å²) in [6, 6.07) is 5.34. The maximum absolute atomic E-state index is 11.2. The molecule has 0 radical (unpaired) electrons. The van der Waals surface area contributed by atoms with Crippen LogP contribution in [-0.2, 0) is 0 Å². The Hall–Kier alpha value is -0.550. The van der Waals surface area contributed by atoms with Gasteiger partial charge in [0.15, 0.2) is 10.1 Å². The molecule has 0 N–H and O–H groups in total. The van der Waals surface area contributed by atoms with Crippen molar-refractivity contribution in [3.63, 3.8) is 0 Å². The summed E-state index contributed by atoms with van der Waals surface area (Å²) < 4.78 is 0.755. The molecule has 0 aliphatic rings. The summed E-state index contributed by atoms with van der Waals surface area (Å²) in [6.45, 7) is 1.52. The van der Waals surface area contributed by atoms with E-state index in [9.17, 15) is 4.79 Å². The molecule has 0 aliphatic heterocycles. The van der Waals surface area contributed by atoms with Crippen LogP contribution in [0.5, 0.6) is 0 Å². The fourth-order valence-corrected chi connectivity index (χ4v) is 3.60. The lowest BCUT2D eigenvalue weighted by Gasteiger charge is -2.03. The third-order valence-corrected chi connectivity index (χ3v) is 5.11. The minimum absolute atomic E-state index is 0.0135. The molecule has 0 saturated heterocycles. The first-order chi connectivity index (χ1) is 8.08. The van der Waals surface area contributed by atoms with Crippen LogP contribution < -0.4 is 0 Å². The maximum Gasteiger partial charge on any atom is 0.171 e. The van der Waals surface area contributed by atoms with Crippen molar-refractivity contribution in [3.05, 3.63) is 39.3 Å². The SMILES string of the molecule is CC(=O)c1cnc(Sc2c(Cl)cccc2Cl)s1. The van der Waals surface area contributed by atoms with E-state index in [1.807, 2.05) is 0 Å². The molecule has 0 amide bonds. The molecule has 0 bridgehead atoms. The average Bonchev–Trinajstić information content (AvgIpc) is 2.72. The Morgan fingerprint density at radius 3 is 2.53 bits per heavy atom. The standard InChI is InChI=1S/C11H7Cl2NOS2/c1-6(15)9-5-14-11(16-9)17-10-7(12)3-2-4-8(10)13/h2-5H,1H3. The number of hydrogen-bond donors (Lipinski definition) is 0. The van der Waals surface area contributed by atoms with Crippen LogP contribution in [-0.4, -0.2) is 10.8 Å². The molecule has 2 aromatic rings. The summed E-state index contributed by atoms with van der Waals surface area (Å²) in [5.41, 5.74) is 0. The van der Waals surface area contributed by atoms with Crippen molar-refractivity contribution in [2.75, 3.05) is 0 Å². The Balaban J connectivity index is 2.28. The maximum atomic E-state index is 11.2. The molecule has 0 unspecified atom stereocenters. The van der Waals surface area contributed by atoms with E-state index in [-0.39, 0.29) is 5.78 Å². The summed E-state index contributed by atoms with van der Waals surface area (Å²) >= 11 is 14.8. The molecule has 1 aromatic heterocycles. The molecule has 6 heteroatoms. The lowest BCUT2D eigenvalue weighted by Crippen LogP contribution is -1.83. The van der Waals surface area contributed by atoms with Crippen molar-refractivity contribution < 1.29 is 4.79 Å². The number of benzene rings is 1. The summed E-state index contributed by atoms with van der Waals surface area (Å²) in [7, 11) is 0. The molecule has 2 rings (SSSR count). The van der Waals surface area contributed by atoms with Crippen LogP contribution in [0.3, 0.4) is 0 Å². The zero-order valence-electron chi connectivity index (χ0n) is 8.74. The number of Topliss-reactive ketones (excluding diaryl/α,β-unsaturated/α-hetero) is 1. The van der Waals surface area contributed by atoms with Crippen LogP contribution in [0.15, 0.2) is 33.6 Å². The molecule has 0 spiro atoms. The second kappa shape index (κ2) is 5.40. The van der Waals surface area contributed by atoms with Gasteiger partial charge in [-0.1, -0.05) is 41.0 Å². The first kappa shape index (κ1) is 12.9. The number of ketones is 1. The predicted octanol–water partition coefficient (Wildman–Crippen LogP) is 4.80. The zero-order chi connectivity index (χ0) is 12.4. The number of nitrogens with zero attached hydrogens (tertiary/aromatic N) is 1. The van der Waals surface area contributed by atoms with Gasteiger partial charge >= 0.3 is 0 Å². The van der Waals surface area contributed by atoms with E-state index in [0.29, 0.717) is 14.9 Å². The molecule has 0 aliphatic carbocycles. The molecule has 0 fully saturated rings. The molecular weight excluding hydrogens is 297 g/mol. The van der Waals surface area contributed by atoms with Gasteiger partial charge in [-0.15, -0.1) is 11.3 Å². The van der Waals surface area contributed by atoms with Gasteiger partial charge in [0.1, 0.15) is 0 Å². The highest BCUT2D eigenvalue weighted by atomic mass is 35.5. The number of aromatic nitrogens is 1. The number of halogens is 2. The summed E-state index contributed by atoms with van der Waals surface area (Å²) in [5.74, 6) is 0.0135. The number of rotatable bonds is 3. The van der Waals surface area contributed by atoms with Gasteiger partial charge in [0, 0.05) is 6.92 Å². The van der Waals surface area contributed by atoms with E-state index in [2.05, 4.69) is 4.98 Å². The summed E-state index contributed by atoms with van der Waals surface area (Å²) in [5, 5.41) is 1.17. The van der Waals surface area contributed by atoms with Gasteiger partial charge in [-0.25, -0.2) is 4.98 Å². The fourth-order valence-electron chi connectivity index (χ4n) is 1.14. The van der Waals surface area contributed by atoms with Crippen molar-refractivity contribution in [2.45, 2.75) is 16.2 Å². The average molecular weight is 304 g/mol. The van der Waals surface area contributed by atoms with Gasteiger partial charge in [0.2, 0.25) is 0 Å². The Bertz CT molecular complexity index is 548. The predicted molar refractivity (Wildman–Crippen MR) is 72.7 cm³/mol. The van der Waals surface area contributed by atoms with Gasteiger partial charge in [-0.05, 0) is 12.1 Å². The molecular formula is C11H7Cl2NOS2. The lowest BCUT2D eigenvalue weighted by atomic mass is 10.4. The largest absolute Gasteiger partial charge is 0.294 e. The van der Waals surface area contributed by atoms with Gasteiger partial charge in [-0.2, -0.15) is 0 Å². The van der Waals surface area contributed by atoms with E-state index < -0.39 is 0 Å². The number of thiazole rings is 1. The van der Waals surface area contributed by atoms with Crippen LogP contribution in [0, 0.1) is 0 Å². The molecule has 0 saturated carbocycles. The minimum Gasteiger partial charge on any atom is -0.294 e. The van der Waals surface area contributed by atoms with Crippen LogP contribution >= 0.6 is 46.3 Å². The normalized spacial score (nSPS) is 10.5. The van der Waals surface area contributed by atoms with Crippen molar-refractivity contribution in [3.8, 4) is 0 Å². The van der Waals surface area contributed by atoms with Crippen LogP contribution in [0.1, 0.15) is 16.6 Å². The van der Waals surface area contributed by atoms with Crippen molar-refractivity contribution in [2.24, 2.45) is 0 Å². The Morgan fingerprint density at radius 2 is 2.00 bits per heavy atom. The molecule has 88 valence electrons. The highest BCUT2D eigenvalue weighted by Gasteiger charge is 2.11. The first-order valence-corrected chi connectivity index (χ1v) is 7.05. The number of carbonyl (C=O) groups is 1. The van der Waals surface area contributed by atoms with Crippen LogP contribution in [0.2, 0.25) is 10.0 Å². The van der Waals surface area contributed by atoms with Gasteiger partial charge in [-0.3, -0.25) is 4.79 Å². The highest BCUT2D eigenvalue weighted by Crippen LogP contribution is 2.39. The number of hydrogen-bond acceptors (Lipinski definition) is 4. The highest BCUT2D eigenvalue weighted by molar-refractivity contribution is 8.01. The molecule has 0 atom stereocenters. The zero-order valence-corrected chi connectivity index (χ0v) is 11.9. The van der Waals surface area contributed by atoms with E-state index in [4.69, 9.17) is 23.2 Å².